The topological polar surface area (TPSA) is 75.6 Å². The highest BCUT2D eigenvalue weighted by atomic mass is 35.5. The van der Waals surface area contributed by atoms with Gasteiger partial charge in [-0.25, -0.2) is 4.79 Å². The summed E-state index contributed by atoms with van der Waals surface area (Å²) in [6, 6.07) is 3.47. The van der Waals surface area contributed by atoms with E-state index in [9.17, 15) is 9.59 Å². The molecule has 1 aromatic carbocycles. The standard InChI is InChI=1S/C12H14ClNO4S/c1-18-9-4-3-7(5-8(9)13)11(12(16)17)14-10(15)6-19-2/h3-5,11H,6H2,1-2H3,(H,14,15)(H,16,17). The zero-order valence-corrected chi connectivity index (χ0v) is 12.0. The van der Waals surface area contributed by atoms with Crippen LogP contribution in [-0.4, -0.2) is 36.1 Å². The molecule has 0 spiro atoms. The van der Waals surface area contributed by atoms with E-state index < -0.39 is 12.0 Å². The van der Waals surface area contributed by atoms with Crippen molar-refractivity contribution in [3.8, 4) is 5.75 Å². The molecule has 0 radical (unpaired) electrons. The third kappa shape index (κ3) is 4.33. The van der Waals surface area contributed by atoms with Crippen molar-refractivity contribution < 1.29 is 19.4 Å². The monoisotopic (exact) mass is 303 g/mol. The molecule has 1 atom stereocenters. The maximum atomic E-state index is 11.5. The number of ether oxygens (including phenoxy) is 1. The SMILES string of the molecule is COc1ccc(C(NC(=O)CSC)C(=O)O)cc1Cl. The fourth-order valence-corrected chi connectivity index (χ4v) is 2.10. The molecule has 0 aromatic heterocycles. The van der Waals surface area contributed by atoms with Crippen molar-refractivity contribution in [2.75, 3.05) is 19.1 Å². The van der Waals surface area contributed by atoms with Gasteiger partial charge >= 0.3 is 5.97 Å². The highest BCUT2D eigenvalue weighted by Gasteiger charge is 2.22. The number of carbonyl (C=O) groups excluding carboxylic acids is 1. The maximum Gasteiger partial charge on any atom is 0.330 e. The number of methoxy groups -OCH3 is 1. The Morgan fingerprint density at radius 3 is 2.68 bits per heavy atom. The van der Waals surface area contributed by atoms with Gasteiger partial charge in [-0.2, -0.15) is 11.8 Å². The van der Waals surface area contributed by atoms with E-state index in [4.69, 9.17) is 21.4 Å². The minimum atomic E-state index is -1.14. The molecule has 0 aliphatic rings. The van der Waals surface area contributed by atoms with Crippen LogP contribution in [0.1, 0.15) is 11.6 Å². The van der Waals surface area contributed by atoms with Gasteiger partial charge in [0.1, 0.15) is 5.75 Å². The van der Waals surface area contributed by atoms with Crippen LogP contribution >= 0.6 is 23.4 Å². The number of rotatable bonds is 6. The second-order valence-electron chi connectivity index (χ2n) is 3.67. The maximum absolute atomic E-state index is 11.5. The van der Waals surface area contributed by atoms with Crippen molar-refractivity contribution in [3.63, 3.8) is 0 Å². The molecule has 0 fully saturated rings. The molecule has 19 heavy (non-hydrogen) atoms. The predicted octanol–water partition coefficient (Wildman–Crippen LogP) is 1.95. The quantitative estimate of drug-likeness (QED) is 0.840. The van der Waals surface area contributed by atoms with Gasteiger partial charge in [0.15, 0.2) is 6.04 Å². The Hall–Kier alpha value is -1.40. The van der Waals surface area contributed by atoms with E-state index in [1.807, 2.05) is 0 Å². The lowest BCUT2D eigenvalue weighted by molar-refractivity contribution is -0.141. The normalized spacial score (nSPS) is 11.7. The van der Waals surface area contributed by atoms with Crippen LogP contribution in [0.3, 0.4) is 0 Å². The lowest BCUT2D eigenvalue weighted by Gasteiger charge is -2.15. The van der Waals surface area contributed by atoms with E-state index in [1.165, 1.54) is 24.9 Å². The number of aliphatic carboxylic acids is 1. The largest absolute Gasteiger partial charge is 0.495 e. The second-order valence-corrected chi connectivity index (χ2v) is 4.94. The van der Waals surface area contributed by atoms with Gasteiger partial charge in [-0.05, 0) is 24.0 Å². The highest BCUT2D eigenvalue weighted by molar-refractivity contribution is 7.99. The molecule has 104 valence electrons. The average molecular weight is 304 g/mol. The molecule has 0 heterocycles. The number of hydrogen-bond donors (Lipinski definition) is 2. The van der Waals surface area contributed by atoms with E-state index in [0.717, 1.165) is 0 Å². The van der Waals surface area contributed by atoms with Crippen LogP contribution in [0.2, 0.25) is 5.02 Å². The predicted molar refractivity (Wildman–Crippen MR) is 74.9 cm³/mol. The summed E-state index contributed by atoms with van der Waals surface area (Å²) in [5, 5.41) is 11.9. The van der Waals surface area contributed by atoms with Gasteiger partial charge in [0.25, 0.3) is 0 Å². The van der Waals surface area contributed by atoms with Gasteiger partial charge < -0.3 is 15.2 Å². The molecule has 1 amide bonds. The summed E-state index contributed by atoms with van der Waals surface area (Å²) in [5.74, 6) is -0.833. The second kappa shape index (κ2) is 7.25. The molecule has 1 rings (SSSR count). The number of thioether (sulfide) groups is 1. The first kappa shape index (κ1) is 15.7. The van der Waals surface area contributed by atoms with E-state index in [2.05, 4.69) is 5.32 Å². The lowest BCUT2D eigenvalue weighted by Crippen LogP contribution is -2.34. The molecule has 1 unspecified atom stereocenters. The summed E-state index contributed by atoms with van der Waals surface area (Å²) in [6.07, 6.45) is 1.76. The first-order chi connectivity index (χ1) is 8.99. The number of carbonyl (C=O) groups is 2. The van der Waals surface area contributed by atoms with E-state index in [0.29, 0.717) is 16.3 Å². The van der Waals surface area contributed by atoms with Crippen molar-refractivity contribution in [1.29, 1.82) is 0 Å². The van der Waals surface area contributed by atoms with Crippen molar-refractivity contribution in [2.24, 2.45) is 0 Å². The molecule has 1 aromatic rings. The summed E-state index contributed by atoms with van der Waals surface area (Å²) < 4.78 is 4.99. The molecular formula is C12H14ClNO4S. The Kier molecular flexibility index (Phi) is 5.98. The Morgan fingerprint density at radius 2 is 2.21 bits per heavy atom. The molecular weight excluding hydrogens is 290 g/mol. The molecule has 0 aliphatic heterocycles. The molecule has 5 nitrogen and oxygen atoms in total. The van der Waals surface area contributed by atoms with E-state index in [1.54, 1.807) is 18.4 Å². The molecule has 2 N–H and O–H groups in total. The lowest BCUT2D eigenvalue weighted by atomic mass is 10.1. The van der Waals surface area contributed by atoms with Gasteiger partial charge in [0.2, 0.25) is 5.91 Å². The average Bonchev–Trinajstić information content (AvgIpc) is 2.36. The highest BCUT2D eigenvalue weighted by Crippen LogP contribution is 2.27. The number of carboxylic acid groups (broad SMARTS) is 1. The van der Waals surface area contributed by atoms with Gasteiger partial charge in [-0.1, -0.05) is 17.7 Å². The fourth-order valence-electron chi connectivity index (χ4n) is 1.48. The van der Waals surface area contributed by atoms with Crippen molar-refractivity contribution in [3.05, 3.63) is 28.8 Å². The summed E-state index contributed by atoms with van der Waals surface area (Å²) in [6.45, 7) is 0. The van der Waals surface area contributed by atoms with Crippen LogP contribution in [0.25, 0.3) is 0 Å². The zero-order valence-electron chi connectivity index (χ0n) is 10.5. The van der Waals surface area contributed by atoms with E-state index in [-0.39, 0.29) is 11.7 Å². The number of benzene rings is 1. The number of nitrogens with one attached hydrogen (secondary N) is 1. The van der Waals surface area contributed by atoms with Crippen LogP contribution < -0.4 is 10.1 Å². The van der Waals surface area contributed by atoms with Crippen LogP contribution in [0.15, 0.2) is 18.2 Å². The van der Waals surface area contributed by atoms with Gasteiger partial charge in [0.05, 0.1) is 17.9 Å². The zero-order chi connectivity index (χ0) is 14.4. The summed E-state index contributed by atoms with van der Waals surface area (Å²) in [7, 11) is 1.47. The summed E-state index contributed by atoms with van der Waals surface area (Å²) >= 11 is 7.26. The van der Waals surface area contributed by atoms with Crippen molar-refractivity contribution in [1.82, 2.24) is 5.32 Å². The molecule has 0 bridgehead atoms. The minimum Gasteiger partial charge on any atom is -0.495 e. The number of halogens is 1. The van der Waals surface area contributed by atoms with Crippen LogP contribution in [0, 0.1) is 0 Å². The first-order valence-electron chi connectivity index (χ1n) is 5.34. The van der Waals surface area contributed by atoms with E-state index >= 15 is 0 Å². The Bertz CT molecular complexity index is 481. The van der Waals surface area contributed by atoms with Crippen molar-refractivity contribution >= 4 is 35.2 Å². The Labute approximate surface area is 120 Å². The van der Waals surface area contributed by atoms with Crippen LogP contribution in [-0.2, 0) is 9.59 Å². The molecule has 7 heteroatoms. The Balaban J connectivity index is 2.96. The molecule has 0 saturated heterocycles. The number of amides is 1. The smallest absolute Gasteiger partial charge is 0.330 e. The first-order valence-corrected chi connectivity index (χ1v) is 7.11. The summed E-state index contributed by atoms with van der Waals surface area (Å²) in [5.41, 5.74) is 0.396. The fraction of sp³-hybridized carbons (Fsp3) is 0.333. The van der Waals surface area contributed by atoms with Crippen LogP contribution in [0.4, 0.5) is 0 Å². The van der Waals surface area contributed by atoms with Gasteiger partial charge in [0, 0.05) is 0 Å². The number of hydrogen-bond acceptors (Lipinski definition) is 4. The minimum absolute atomic E-state index is 0.202. The number of carboxylic acids is 1. The Morgan fingerprint density at radius 1 is 1.53 bits per heavy atom. The molecule has 0 saturated carbocycles. The van der Waals surface area contributed by atoms with Crippen LogP contribution in [0.5, 0.6) is 5.75 Å². The third-order valence-electron chi connectivity index (χ3n) is 2.34. The third-order valence-corrected chi connectivity index (χ3v) is 3.18. The van der Waals surface area contributed by atoms with Gasteiger partial charge in [-0.3, -0.25) is 4.79 Å². The summed E-state index contributed by atoms with van der Waals surface area (Å²) in [4.78, 5) is 22.7. The van der Waals surface area contributed by atoms with Gasteiger partial charge in [-0.15, -0.1) is 0 Å². The van der Waals surface area contributed by atoms with Crippen molar-refractivity contribution in [2.45, 2.75) is 6.04 Å². The molecule has 0 aliphatic carbocycles.